The van der Waals surface area contributed by atoms with E-state index in [1.54, 1.807) is 5.38 Å². The number of hydrogen-bond acceptors (Lipinski definition) is 4. The molecule has 1 rings (SSSR count). The maximum absolute atomic E-state index is 11.9. The van der Waals surface area contributed by atoms with Crippen LogP contribution in [0.1, 0.15) is 4.88 Å². The fourth-order valence-corrected chi connectivity index (χ4v) is 3.40. The molecular weight excluding hydrogens is 234 g/mol. The highest BCUT2D eigenvalue weighted by Gasteiger charge is 2.23. The van der Waals surface area contributed by atoms with Crippen LogP contribution >= 0.6 is 11.3 Å². The van der Waals surface area contributed by atoms with Crippen molar-refractivity contribution in [2.24, 2.45) is 0 Å². The summed E-state index contributed by atoms with van der Waals surface area (Å²) < 4.78 is 24.9. The number of aliphatic hydroxyl groups excluding tert-OH is 1. The molecule has 0 aromatic carbocycles. The smallest absolute Gasteiger partial charge is 0.244 e. The van der Waals surface area contributed by atoms with Crippen molar-refractivity contribution in [3.8, 4) is 12.3 Å². The Morgan fingerprint density at radius 1 is 1.67 bits per heavy atom. The van der Waals surface area contributed by atoms with Gasteiger partial charge in [0.25, 0.3) is 0 Å². The summed E-state index contributed by atoms with van der Waals surface area (Å²) in [6, 6.07) is 1.47. The zero-order valence-electron chi connectivity index (χ0n) is 8.17. The van der Waals surface area contributed by atoms with Gasteiger partial charge < -0.3 is 5.11 Å². The SMILES string of the molecule is C#CCN(C)S(=O)(=O)c1ccsc1CO. The van der Waals surface area contributed by atoms with Gasteiger partial charge >= 0.3 is 0 Å². The maximum Gasteiger partial charge on any atom is 0.244 e. The summed E-state index contributed by atoms with van der Waals surface area (Å²) in [6.07, 6.45) is 5.05. The van der Waals surface area contributed by atoms with Gasteiger partial charge in [0.1, 0.15) is 0 Å². The van der Waals surface area contributed by atoms with E-state index in [1.807, 2.05) is 0 Å². The molecule has 4 nitrogen and oxygen atoms in total. The molecule has 0 amide bonds. The lowest BCUT2D eigenvalue weighted by Gasteiger charge is -2.13. The van der Waals surface area contributed by atoms with Crippen LogP contribution in [0.25, 0.3) is 0 Å². The van der Waals surface area contributed by atoms with Crippen LogP contribution in [-0.2, 0) is 16.6 Å². The van der Waals surface area contributed by atoms with Gasteiger partial charge in [-0.25, -0.2) is 8.42 Å². The number of thiophene rings is 1. The van der Waals surface area contributed by atoms with Crippen molar-refractivity contribution >= 4 is 21.4 Å². The van der Waals surface area contributed by atoms with Crippen LogP contribution in [0, 0.1) is 12.3 Å². The fraction of sp³-hybridized carbons (Fsp3) is 0.333. The summed E-state index contributed by atoms with van der Waals surface area (Å²) in [5.41, 5.74) is 0. The van der Waals surface area contributed by atoms with Gasteiger partial charge in [-0.05, 0) is 11.4 Å². The van der Waals surface area contributed by atoms with Crippen LogP contribution in [-0.4, -0.2) is 31.4 Å². The van der Waals surface area contributed by atoms with Gasteiger partial charge in [0.2, 0.25) is 10.0 Å². The molecule has 0 atom stereocenters. The molecular formula is C9H11NO3S2. The molecule has 0 aliphatic heterocycles. The van der Waals surface area contributed by atoms with Crippen molar-refractivity contribution in [3.63, 3.8) is 0 Å². The predicted octanol–water partition coefficient (Wildman–Crippen LogP) is 0.494. The molecule has 82 valence electrons. The second kappa shape index (κ2) is 4.77. The second-order valence-electron chi connectivity index (χ2n) is 2.83. The summed E-state index contributed by atoms with van der Waals surface area (Å²) in [5, 5.41) is 10.6. The summed E-state index contributed by atoms with van der Waals surface area (Å²) in [6.45, 7) is -0.265. The number of nitrogens with zero attached hydrogens (tertiary/aromatic N) is 1. The third-order valence-electron chi connectivity index (χ3n) is 1.85. The number of rotatable bonds is 4. The van der Waals surface area contributed by atoms with E-state index in [4.69, 9.17) is 11.5 Å². The molecule has 0 unspecified atom stereocenters. The third kappa shape index (κ3) is 2.38. The van der Waals surface area contributed by atoms with Crippen molar-refractivity contribution in [1.29, 1.82) is 0 Å². The Labute approximate surface area is 93.2 Å². The summed E-state index contributed by atoms with van der Waals surface area (Å²) in [7, 11) is -2.15. The average Bonchev–Trinajstić information content (AvgIpc) is 2.66. The second-order valence-corrected chi connectivity index (χ2v) is 5.85. The fourth-order valence-electron chi connectivity index (χ4n) is 1.06. The molecule has 6 heteroatoms. The van der Waals surface area contributed by atoms with Crippen LogP contribution in [0.15, 0.2) is 16.3 Å². The van der Waals surface area contributed by atoms with Crippen molar-refractivity contribution < 1.29 is 13.5 Å². The Balaban J connectivity index is 3.12. The molecule has 0 aliphatic carbocycles. The van der Waals surface area contributed by atoms with Gasteiger partial charge in [-0.2, -0.15) is 4.31 Å². The number of hydrogen-bond donors (Lipinski definition) is 1. The van der Waals surface area contributed by atoms with Gasteiger partial charge in [0, 0.05) is 11.9 Å². The summed E-state index contributed by atoms with van der Waals surface area (Å²) in [4.78, 5) is 0.562. The normalized spacial score (nSPS) is 11.6. The van der Waals surface area contributed by atoms with E-state index in [2.05, 4.69) is 5.92 Å². The minimum atomic E-state index is -3.56. The minimum Gasteiger partial charge on any atom is -0.391 e. The number of sulfonamides is 1. The Bertz CT molecular complexity index is 470. The highest BCUT2D eigenvalue weighted by Crippen LogP contribution is 2.24. The third-order valence-corrected chi connectivity index (χ3v) is 4.77. The predicted molar refractivity (Wildman–Crippen MR) is 58.9 cm³/mol. The van der Waals surface area contributed by atoms with Crippen LogP contribution in [0.5, 0.6) is 0 Å². The van der Waals surface area contributed by atoms with E-state index in [-0.39, 0.29) is 18.0 Å². The Morgan fingerprint density at radius 2 is 2.33 bits per heavy atom. The van der Waals surface area contributed by atoms with Crippen molar-refractivity contribution in [2.45, 2.75) is 11.5 Å². The minimum absolute atomic E-state index is 0.0169. The molecule has 0 bridgehead atoms. The molecule has 0 radical (unpaired) electrons. The summed E-state index contributed by atoms with van der Waals surface area (Å²) in [5.74, 6) is 2.26. The quantitative estimate of drug-likeness (QED) is 0.786. The van der Waals surface area contributed by atoms with Crippen LogP contribution in [0.3, 0.4) is 0 Å². The topological polar surface area (TPSA) is 57.6 Å². The van der Waals surface area contributed by atoms with Crippen LogP contribution in [0.2, 0.25) is 0 Å². The largest absolute Gasteiger partial charge is 0.391 e. The van der Waals surface area contributed by atoms with Gasteiger partial charge in [-0.1, -0.05) is 5.92 Å². The first-order valence-corrected chi connectivity index (χ1v) is 6.43. The lowest BCUT2D eigenvalue weighted by molar-refractivity contribution is 0.282. The molecule has 15 heavy (non-hydrogen) atoms. The van der Waals surface area contributed by atoms with Gasteiger partial charge in [-0.15, -0.1) is 17.8 Å². The maximum atomic E-state index is 11.9. The van der Waals surface area contributed by atoms with Crippen LogP contribution in [0.4, 0.5) is 0 Å². The van der Waals surface area contributed by atoms with Gasteiger partial charge in [-0.3, -0.25) is 0 Å². The monoisotopic (exact) mass is 245 g/mol. The average molecular weight is 245 g/mol. The highest BCUT2D eigenvalue weighted by atomic mass is 32.2. The first-order chi connectivity index (χ1) is 7.04. The molecule has 1 aromatic rings. The van der Waals surface area contributed by atoms with Crippen molar-refractivity contribution in [2.75, 3.05) is 13.6 Å². The van der Waals surface area contributed by atoms with E-state index in [1.165, 1.54) is 24.5 Å². The molecule has 1 N–H and O–H groups in total. The number of terminal acetylenes is 1. The van der Waals surface area contributed by atoms with E-state index >= 15 is 0 Å². The molecule has 0 saturated heterocycles. The highest BCUT2D eigenvalue weighted by molar-refractivity contribution is 7.89. The Hall–Kier alpha value is -0.870. The lowest BCUT2D eigenvalue weighted by Crippen LogP contribution is -2.27. The molecule has 0 fully saturated rings. The van der Waals surface area contributed by atoms with Gasteiger partial charge in [0.05, 0.1) is 18.0 Å². The van der Waals surface area contributed by atoms with Crippen molar-refractivity contribution in [1.82, 2.24) is 4.31 Å². The van der Waals surface area contributed by atoms with E-state index in [0.717, 1.165) is 4.31 Å². The zero-order chi connectivity index (χ0) is 11.5. The number of aliphatic hydroxyl groups is 1. The lowest BCUT2D eigenvalue weighted by atomic mass is 10.5. The van der Waals surface area contributed by atoms with Crippen LogP contribution < -0.4 is 0 Å². The van der Waals surface area contributed by atoms with E-state index in [9.17, 15) is 8.42 Å². The van der Waals surface area contributed by atoms with E-state index in [0.29, 0.717) is 4.88 Å². The Morgan fingerprint density at radius 3 is 2.87 bits per heavy atom. The Kier molecular flexibility index (Phi) is 3.88. The summed E-state index contributed by atoms with van der Waals surface area (Å²) >= 11 is 1.20. The van der Waals surface area contributed by atoms with Gasteiger partial charge in [0.15, 0.2) is 0 Å². The first kappa shape index (κ1) is 12.2. The van der Waals surface area contributed by atoms with E-state index < -0.39 is 10.0 Å². The molecule has 0 saturated carbocycles. The molecule has 0 aliphatic rings. The molecule has 0 spiro atoms. The molecule has 1 aromatic heterocycles. The zero-order valence-corrected chi connectivity index (χ0v) is 9.81. The first-order valence-electron chi connectivity index (χ1n) is 4.11. The van der Waals surface area contributed by atoms with Crippen molar-refractivity contribution in [3.05, 3.63) is 16.3 Å². The standard InChI is InChI=1S/C9H11NO3S2/c1-3-5-10(2)15(12,13)9-4-6-14-8(9)7-11/h1,4,6,11H,5,7H2,2H3. The molecule has 1 heterocycles.